The van der Waals surface area contributed by atoms with Crippen LogP contribution in [-0.4, -0.2) is 35.0 Å². The number of benzene rings is 1. The molecular weight excluding hydrogens is 341 g/mol. The maximum Gasteiger partial charge on any atom is 0.309 e. The summed E-state index contributed by atoms with van der Waals surface area (Å²) in [5, 5.41) is 9.34. The molecule has 1 saturated heterocycles. The molecule has 1 aliphatic rings. The van der Waals surface area contributed by atoms with Crippen molar-refractivity contribution in [1.82, 2.24) is 4.90 Å². The van der Waals surface area contributed by atoms with Gasteiger partial charge in [0.25, 0.3) is 5.91 Å². The number of carbonyl (C=O) groups is 2. The van der Waals surface area contributed by atoms with E-state index in [9.17, 15) is 19.1 Å². The molecule has 1 N–H and O–H groups in total. The first-order valence-electron chi connectivity index (χ1n) is 6.87. The van der Waals surface area contributed by atoms with Crippen LogP contribution >= 0.6 is 15.9 Å². The lowest BCUT2D eigenvalue weighted by Gasteiger charge is -2.38. The average Bonchev–Trinajstić information content (AvgIpc) is 2.49. The number of hydrogen-bond acceptors (Lipinski definition) is 2. The number of amides is 1. The van der Waals surface area contributed by atoms with Crippen LogP contribution in [0, 0.1) is 11.2 Å². The van der Waals surface area contributed by atoms with E-state index in [0.29, 0.717) is 36.8 Å². The van der Waals surface area contributed by atoms with Gasteiger partial charge < -0.3 is 10.0 Å². The number of likely N-dealkylation sites (tertiary alicyclic amines) is 1. The van der Waals surface area contributed by atoms with E-state index in [1.165, 1.54) is 23.1 Å². The monoisotopic (exact) mass is 357 g/mol. The first kappa shape index (κ1) is 15.9. The molecule has 0 bridgehead atoms. The minimum absolute atomic E-state index is 0.0173. The molecule has 0 saturated carbocycles. The zero-order chi connectivity index (χ0) is 15.6. The van der Waals surface area contributed by atoms with Gasteiger partial charge in [-0.25, -0.2) is 4.39 Å². The molecule has 6 heteroatoms. The van der Waals surface area contributed by atoms with E-state index in [0.717, 1.165) is 0 Å². The lowest BCUT2D eigenvalue weighted by Crippen LogP contribution is -2.46. The van der Waals surface area contributed by atoms with Crippen molar-refractivity contribution in [1.29, 1.82) is 0 Å². The van der Waals surface area contributed by atoms with Crippen LogP contribution in [-0.2, 0) is 4.79 Å². The van der Waals surface area contributed by atoms with Crippen molar-refractivity contribution in [2.24, 2.45) is 5.41 Å². The summed E-state index contributed by atoms with van der Waals surface area (Å²) in [7, 11) is 0. The fourth-order valence-corrected chi connectivity index (χ4v) is 3.05. The van der Waals surface area contributed by atoms with Crippen molar-refractivity contribution in [3.05, 3.63) is 34.1 Å². The number of piperidine rings is 1. The summed E-state index contributed by atoms with van der Waals surface area (Å²) in [6, 6.07) is 4.24. The molecule has 0 aliphatic carbocycles. The highest BCUT2D eigenvalue weighted by Gasteiger charge is 2.41. The molecule has 0 radical (unpaired) electrons. The van der Waals surface area contributed by atoms with E-state index in [-0.39, 0.29) is 11.5 Å². The molecule has 0 spiro atoms. The van der Waals surface area contributed by atoms with Gasteiger partial charge in [0.15, 0.2) is 0 Å². The topological polar surface area (TPSA) is 57.6 Å². The predicted octanol–water partition coefficient (Wildman–Crippen LogP) is 3.31. The van der Waals surface area contributed by atoms with Gasteiger partial charge in [0, 0.05) is 17.6 Å². The molecule has 1 aromatic carbocycles. The summed E-state index contributed by atoms with van der Waals surface area (Å²) in [5.74, 6) is -1.76. The second-order valence-corrected chi connectivity index (χ2v) is 6.27. The van der Waals surface area contributed by atoms with Gasteiger partial charge in [0.1, 0.15) is 5.82 Å². The SMILES string of the molecule is CCC1(C(=O)O)CCN(C(=O)c2cc(Br)ccc2F)CC1. The third-order valence-electron chi connectivity index (χ3n) is 4.30. The van der Waals surface area contributed by atoms with Gasteiger partial charge in [0.05, 0.1) is 11.0 Å². The molecule has 1 aliphatic heterocycles. The fraction of sp³-hybridized carbons (Fsp3) is 0.467. The Labute approximate surface area is 131 Å². The number of carbonyl (C=O) groups excluding carboxylic acids is 1. The summed E-state index contributed by atoms with van der Waals surface area (Å²) < 4.78 is 14.4. The first-order chi connectivity index (χ1) is 9.89. The molecule has 114 valence electrons. The summed E-state index contributed by atoms with van der Waals surface area (Å²) in [4.78, 5) is 25.3. The van der Waals surface area contributed by atoms with Gasteiger partial charge in [-0.1, -0.05) is 22.9 Å². The molecule has 1 aromatic rings. The standard InChI is InChI=1S/C15H17BrFNO3/c1-2-15(14(20)21)5-7-18(8-6-15)13(19)11-9-10(16)3-4-12(11)17/h3-4,9H,2,5-8H2,1H3,(H,20,21). The molecule has 1 heterocycles. The van der Waals surface area contributed by atoms with Gasteiger partial charge in [0.2, 0.25) is 0 Å². The van der Waals surface area contributed by atoms with Crippen LogP contribution in [0.3, 0.4) is 0 Å². The smallest absolute Gasteiger partial charge is 0.309 e. The molecular formula is C15H17BrFNO3. The highest BCUT2D eigenvalue weighted by Crippen LogP contribution is 2.35. The number of carboxylic acid groups (broad SMARTS) is 1. The molecule has 1 amide bonds. The summed E-state index contributed by atoms with van der Waals surface area (Å²) in [6.45, 7) is 2.52. The largest absolute Gasteiger partial charge is 0.481 e. The average molecular weight is 358 g/mol. The fourth-order valence-electron chi connectivity index (χ4n) is 2.69. The van der Waals surface area contributed by atoms with Crippen LogP contribution in [0.1, 0.15) is 36.5 Å². The van der Waals surface area contributed by atoms with Crippen LogP contribution in [0.5, 0.6) is 0 Å². The second kappa shape index (κ2) is 6.13. The molecule has 0 atom stereocenters. The number of halogens is 2. The minimum atomic E-state index is -0.814. The van der Waals surface area contributed by atoms with Crippen LogP contribution < -0.4 is 0 Å². The van der Waals surface area contributed by atoms with Crippen LogP contribution in [0.15, 0.2) is 22.7 Å². The number of hydrogen-bond donors (Lipinski definition) is 1. The van der Waals surface area contributed by atoms with Crippen molar-refractivity contribution < 1.29 is 19.1 Å². The number of aliphatic carboxylic acids is 1. The molecule has 1 fully saturated rings. The van der Waals surface area contributed by atoms with Crippen molar-refractivity contribution in [2.75, 3.05) is 13.1 Å². The van der Waals surface area contributed by atoms with Gasteiger partial charge in [-0.3, -0.25) is 9.59 Å². The van der Waals surface area contributed by atoms with Gasteiger partial charge in [-0.2, -0.15) is 0 Å². The Morgan fingerprint density at radius 2 is 2.00 bits per heavy atom. The van der Waals surface area contributed by atoms with Crippen molar-refractivity contribution >= 4 is 27.8 Å². The van der Waals surface area contributed by atoms with E-state index in [2.05, 4.69) is 15.9 Å². The van der Waals surface area contributed by atoms with Crippen molar-refractivity contribution in [2.45, 2.75) is 26.2 Å². The maximum atomic E-state index is 13.8. The lowest BCUT2D eigenvalue weighted by atomic mass is 9.76. The lowest BCUT2D eigenvalue weighted by molar-refractivity contribution is -0.152. The highest BCUT2D eigenvalue weighted by molar-refractivity contribution is 9.10. The van der Waals surface area contributed by atoms with Crippen molar-refractivity contribution in [3.8, 4) is 0 Å². The molecule has 21 heavy (non-hydrogen) atoms. The van der Waals surface area contributed by atoms with E-state index < -0.39 is 17.2 Å². The van der Waals surface area contributed by atoms with Gasteiger partial charge in [-0.15, -0.1) is 0 Å². The Kier molecular flexibility index (Phi) is 4.66. The Morgan fingerprint density at radius 1 is 1.38 bits per heavy atom. The number of rotatable bonds is 3. The Balaban J connectivity index is 2.13. The zero-order valence-electron chi connectivity index (χ0n) is 11.7. The van der Waals surface area contributed by atoms with Gasteiger partial charge in [-0.05, 0) is 37.5 Å². The zero-order valence-corrected chi connectivity index (χ0v) is 13.3. The highest BCUT2D eigenvalue weighted by atomic mass is 79.9. The quantitative estimate of drug-likeness (QED) is 0.902. The summed E-state index contributed by atoms with van der Waals surface area (Å²) >= 11 is 3.22. The Morgan fingerprint density at radius 3 is 2.52 bits per heavy atom. The number of carboxylic acids is 1. The molecule has 4 nitrogen and oxygen atoms in total. The van der Waals surface area contributed by atoms with E-state index in [1.54, 1.807) is 0 Å². The minimum Gasteiger partial charge on any atom is -0.481 e. The number of nitrogens with zero attached hydrogens (tertiary/aromatic N) is 1. The van der Waals surface area contributed by atoms with Crippen LogP contribution in [0.25, 0.3) is 0 Å². The second-order valence-electron chi connectivity index (χ2n) is 5.36. The summed E-state index contributed by atoms with van der Waals surface area (Å²) in [6.07, 6.45) is 1.34. The first-order valence-corrected chi connectivity index (χ1v) is 7.66. The molecule has 0 aromatic heterocycles. The summed E-state index contributed by atoms with van der Waals surface area (Å²) in [5.41, 5.74) is -0.740. The molecule has 0 unspecified atom stereocenters. The molecule has 2 rings (SSSR count). The van der Waals surface area contributed by atoms with Crippen LogP contribution in [0.2, 0.25) is 0 Å². The van der Waals surface area contributed by atoms with Crippen LogP contribution in [0.4, 0.5) is 4.39 Å². The Bertz CT molecular complexity index is 568. The normalized spacial score (nSPS) is 17.6. The van der Waals surface area contributed by atoms with E-state index >= 15 is 0 Å². The maximum absolute atomic E-state index is 13.8. The van der Waals surface area contributed by atoms with E-state index in [4.69, 9.17) is 0 Å². The predicted molar refractivity (Wildman–Crippen MR) is 79.6 cm³/mol. The third kappa shape index (κ3) is 3.10. The van der Waals surface area contributed by atoms with Gasteiger partial charge >= 0.3 is 5.97 Å². The third-order valence-corrected chi connectivity index (χ3v) is 4.79. The van der Waals surface area contributed by atoms with Crippen molar-refractivity contribution in [3.63, 3.8) is 0 Å². The van der Waals surface area contributed by atoms with E-state index in [1.807, 2.05) is 6.92 Å². The Hall–Kier alpha value is -1.43.